The number of nitrogens with one attached hydrogen (secondary N) is 1. The van der Waals surface area contributed by atoms with Crippen molar-refractivity contribution in [3.63, 3.8) is 0 Å². The largest absolute Gasteiger partial charge is 0.458 e. The van der Waals surface area contributed by atoms with Crippen molar-refractivity contribution >= 4 is 33.7 Å². The zero-order valence-electron chi connectivity index (χ0n) is 20.0. The lowest BCUT2D eigenvalue weighted by atomic mass is 10.0. The van der Waals surface area contributed by atoms with Gasteiger partial charge in [-0.05, 0) is 45.4 Å². The number of benzene rings is 2. The summed E-state index contributed by atoms with van der Waals surface area (Å²) in [6.45, 7) is 7.39. The van der Waals surface area contributed by atoms with Gasteiger partial charge in [0.2, 0.25) is 15.9 Å². The summed E-state index contributed by atoms with van der Waals surface area (Å²) in [5, 5.41) is 2.79. The first-order valence-electron chi connectivity index (χ1n) is 11.2. The summed E-state index contributed by atoms with van der Waals surface area (Å²) in [4.78, 5) is 26.5. The Labute approximate surface area is 206 Å². The van der Waals surface area contributed by atoms with Crippen molar-refractivity contribution in [3.05, 3.63) is 65.7 Å². The summed E-state index contributed by atoms with van der Waals surface area (Å²) >= 11 is 1.52. The monoisotopic (exact) mass is 504 g/mol. The van der Waals surface area contributed by atoms with Crippen LogP contribution in [0.3, 0.4) is 0 Å². The molecule has 1 N–H and O–H groups in total. The summed E-state index contributed by atoms with van der Waals surface area (Å²) in [5.41, 5.74) is 1.09. The Morgan fingerprint density at radius 2 is 1.76 bits per heavy atom. The number of thioether (sulfide) groups is 1. The molecule has 3 rings (SSSR count). The molecular weight excluding hydrogens is 472 g/mol. The maximum absolute atomic E-state index is 13.4. The Balaban J connectivity index is 1.84. The Bertz CT molecular complexity index is 1100. The molecule has 0 radical (unpaired) electrons. The van der Waals surface area contributed by atoms with Crippen LogP contribution in [0.1, 0.15) is 31.9 Å². The summed E-state index contributed by atoms with van der Waals surface area (Å²) in [7, 11) is -3.87. The van der Waals surface area contributed by atoms with Gasteiger partial charge in [0.1, 0.15) is 17.7 Å². The standard InChI is InChI=1S/C25H32N2O5S2/c1-18-10-12-20(13-11-18)34(30,31)27-14-15-33-17-22(27)23(28)26-21(24(29)32-25(2,3)4)16-19-8-6-5-7-9-19/h5-13,21-22H,14-17H2,1-4H3,(H,26,28)/t21-,22-/m0/s1. The maximum atomic E-state index is 13.4. The van der Waals surface area contributed by atoms with Gasteiger partial charge in [-0.2, -0.15) is 16.1 Å². The second kappa shape index (κ2) is 10.9. The number of esters is 1. The number of rotatable bonds is 7. The quantitative estimate of drug-likeness (QED) is 0.583. The van der Waals surface area contributed by atoms with E-state index in [0.717, 1.165) is 11.1 Å². The topological polar surface area (TPSA) is 92.8 Å². The summed E-state index contributed by atoms with van der Waals surface area (Å²) in [5.74, 6) is -0.159. The van der Waals surface area contributed by atoms with Crippen molar-refractivity contribution in [2.45, 2.75) is 56.7 Å². The molecule has 1 heterocycles. The van der Waals surface area contributed by atoms with Gasteiger partial charge in [0, 0.05) is 24.5 Å². The lowest BCUT2D eigenvalue weighted by Gasteiger charge is -2.34. The van der Waals surface area contributed by atoms with E-state index in [1.165, 1.54) is 16.1 Å². The highest BCUT2D eigenvalue weighted by Crippen LogP contribution is 2.25. The molecule has 2 aromatic carbocycles. The van der Waals surface area contributed by atoms with Crippen LogP contribution in [0.5, 0.6) is 0 Å². The number of hydrogen-bond acceptors (Lipinski definition) is 6. The van der Waals surface area contributed by atoms with Crippen molar-refractivity contribution in [2.75, 3.05) is 18.1 Å². The third kappa shape index (κ3) is 6.84. The molecule has 1 fully saturated rings. The summed E-state index contributed by atoms with van der Waals surface area (Å²) in [6.07, 6.45) is 0.242. The average Bonchev–Trinajstić information content (AvgIpc) is 2.78. The van der Waals surface area contributed by atoms with E-state index in [9.17, 15) is 18.0 Å². The average molecular weight is 505 g/mol. The number of carbonyl (C=O) groups is 2. The van der Waals surface area contributed by atoms with Gasteiger partial charge >= 0.3 is 5.97 Å². The van der Waals surface area contributed by atoms with E-state index in [4.69, 9.17) is 4.74 Å². The van der Waals surface area contributed by atoms with Gasteiger partial charge in [-0.3, -0.25) is 4.79 Å². The van der Waals surface area contributed by atoms with Crippen LogP contribution in [-0.2, 0) is 30.8 Å². The maximum Gasteiger partial charge on any atom is 0.329 e. The number of sulfonamides is 1. The normalized spacial score (nSPS) is 18.2. The number of ether oxygens (including phenoxy) is 1. The van der Waals surface area contributed by atoms with E-state index < -0.39 is 39.6 Å². The first kappa shape index (κ1) is 26.2. The lowest BCUT2D eigenvalue weighted by Crippen LogP contribution is -2.57. The molecule has 0 bridgehead atoms. The molecule has 0 spiro atoms. The van der Waals surface area contributed by atoms with Crippen molar-refractivity contribution in [1.82, 2.24) is 9.62 Å². The van der Waals surface area contributed by atoms with Crippen molar-refractivity contribution in [2.24, 2.45) is 0 Å². The summed E-state index contributed by atoms with van der Waals surface area (Å²) in [6, 6.07) is 14.0. The molecule has 1 saturated heterocycles. The van der Waals surface area contributed by atoms with Crippen molar-refractivity contribution in [3.8, 4) is 0 Å². The van der Waals surface area contributed by atoms with Gasteiger partial charge in [0.25, 0.3) is 0 Å². The molecule has 9 heteroatoms. The molecule has 0 aromatic heterocycles. The SMILES string of the molecule is Cc1ccc(S(=O)(=O)N2CCSC[C@H]2C(=O)N[C@@H](Cc2ccccc2)C(=O)OC(C)(C)C)cc1. The number of nitrogens with zero attached hydrogens (tertiary/aromatic N) is 1. The van der Waals surface area contributed by atoms with E-state index in [1.54, 1.807) is 45.0 Å². The molecule has 34 heavy (non-hydrogen) atoms. The number of hydrogen-bond donors (Lipinski definition) is 1. The van der Waals surface area contributed by atoms with Crippen LogP contribution in [0.4, 0.5) is 0 Å². The molecule has 0 unspecified atom stereocenters. The number of amides is 1. The third-order valence-electron chi connectivity index (χ3n) is 5.30. The highest BCUT2D eigenvalue weighted by atomic mass is 32.2. The fourth-order valence-electron chi connectivity index (χ4n) is 3.61. The molecule has 1 amide bonds. The molecule has 7 nitrogen and oxygen atoms in total. The molecule has 1 aliphatic heterocycles. The molecule has 2 atom stereocenters. The zero-order valence-corrected chi connectivity index (χ0v) is 21.6. The van der Waals surface area contributed by atoms with Crippen LogP contribution in [0, 0.1) is 6.92 Å². The van der Waals surface area contributed by atoms with Gasteiger partial charge in [-0.1, -0.05) is 48.0 Å². The number of aryl methyl sites for hydroxylation is 1. The van der Waals surface area contributed by atoms with Crippen LogP contribution in [0.2, 0.25) is 0 Å². The predicted molar refractivity (Wildman–Crippen MR) is 134 cm³/mol. The molecule has 184 valence electrons. The van der Waals surface area contributed by atoms with Gasteiger partial charge < -0.3 is 10.1 Å². The fraction of sp³-hybridized carbons (Fsp3) is 0.440. The van der Waals surface area contributed by atoms with Crippen LogP contribution in [-0.4, -0.2) is 60.3 Å². The Kier molecular flexibility index (Phi) is 8.43. The molecule has 0 aliphatic carbocycles. The second-order valence-corrected chi connectivity index (χ2v) is 12.3. The molecule has 1 aliphatic rings. The van der Waals surface area contributed by atoms with Crippen LogP contribution in [0.15, 0.2) is 59.5 Å². The smallest absolute Gasteiger partial charge is 0.329 e. The van der Waals surface area contributed by atoms with Gasteiger partial charge in [-0.15, -0.1) is 0 Å². The minimum Gasteiger partial charge on any atom is -0.458 e. The first-order valence-corrected chi connectivity index (χ1v) is 13.8. The second-order valence-electron chi connectivity index (χ2n) is 9.30. The highest BCUT2D eigenvalue weighted by Gasteiger charge is 2.39. The van der Waals surface area contributed by atoms with Crippen LogP contribution < -0.4 is 5.32 Å². The third-order valence-corrected chi connectivity index (χ3v) is 8.25. The fourth-order valence-corrected chi connectivity index (χ4v) is 6.46. The zero-order chi connectivity index (χ0) is 24.9. The number of carbonyl (C=O) groups excluding carboxylic acids is 2. The molecular formula is C25H32N2O5S2. The lowest BCUT2D eigenvalue weighted by molar-refractivity contribution is -0.158. The Hall–Kier alpha value is -2.36. The van der Waals surface area contributed by atoms with E-state index >= 15 is 0 Å². The minimum atomic E-state index is -3.87. The summed E-state index contributed by atoms with van der Waals surface area (Å²) < 4.78 is 33.5. The van der Waals surface area contributed by atoms with E-state index in [2.05, 4.69) is 5.32 Å². The predicted octanol–water partition coefficient (Wildman–Crippen LogP) is 3.17. The molecule has 0 saturated carbocycles. The van der Waals surface area contributed by atoms with Crippen LogP contribution >= 0.6 is 11.8 Å². The molecule has 2 aromatic rings. The Morgan fingerprint density at radius 3 is 2.38 bits per heavy atom. The van der Waals surface area contributed by atoms with Gasteiger partial charge in [0.15, 0.2) is 0 Å². The Morgan fingerprint density at radius 1 is 1.12 bits per heavy atom. The van der Waals surface area contributed by atoms with E-state index in [0.29, 0.717) is 11.5 Å². The van der Waals surface area contributed by atoms with Crippen molar-refractivity contribution in [1.29, 1.82) is 0 Å². The van der Waals surface area contributed by atoms with Gasteiger partial charge in [0.05, 0.1) is 4.90 Å². The minimum absolute atomic E-state index is 0.149. The first-order chi connectivity index (χ1) is 16.0. The van der Waals surface area contributed by atoms with Crippen LogP contribution in [0.25, 0.3) is 0 Å². The van der Waals surface area contributed by atoms with Crippen molar-refractivity contribution < 1.29 is 22.7 Å². The van der Waals surface area contributed by atoms with E-state index in [1.807, 2.05) is 37.3 Å². The van der Waals surface area contributed by atoms with E-state index in [-0.39, 0.29) is 17.9 Å². The highest BCUT2D eigenvalue weighted by molar-refractivity contribution is 7.99. The van der Waals surface area contributed by atoms with Gasteiger partial charge in [-0.25, -0.2) is 13.2 Å².